The molecule has 1 fully saturated rings. The molecule has 0 saturated carbocycles. The molecule has 1 heterocycles. The minimum Gasteiger partial charge on any atom is -0.492 e. The molecule has 3 nitrogen and oxygen atoms in total. The maximum absolute atomic E-state index is 5.96. The van der Waals surface area contributed by atoms with E-state index >= 15 is 0 Å². The van der Waals surface area contributed by atoms with E-state index in [0.717, 1.165) is 45.1 Å². The molecule has 0 radical (unpaired) electrons. The number of ether oxygens (including phenoxy) is 1. The molecule has 1 aliphatic rings. The highest BCUT2D eigenvalue weighted by molar-refractivity contribution is 5.88. The van der Waals surface area contributed by atoms with Gasteiger partial charge in [0.15, 0.2) is 0 Å². The summed E-state index contributed by atoms with van der Waals surface area (Å²) in [6.07, 6.45) is 0. The van der Waals surface area contributed by atoms with Crippen LogP contribution >= 0.6 is 24.8 Å². The molecule has 0 aromatic heterocycles. The molecule has 2 aromatic rings. The van der Waals surface area contributed by atoms with Gasteiger partial charge >= 0.3 is 0 Å². The summed E-state index contributed by atoms with van der Waals surface area (Å²) >= 11 is 0. The Bertz CT molecular complexity index is 539. The minimum atomic E-state index is 0. The van der Waals surface area contributed by atoms with Crippen molar-refractivity contribution < 1.29 is 4.74 Å². The Labute approximate surface area is 138 Å². The van der Waals surface area contributed by atoms with Crippen molar-refractivity contribution in [1.82, 2.24) is 10.2 Å². The molecule has 116 valence electrons. The van der Waals surface area contributed by atoms with E-state index in [1.807, 2.05) is 0 Å². The van der Waals surface area contributed by atoms with Gasteiger partial charge in [-0.25, -0.2) is 0 Å². The van der Waals surface area contributed by atoms with Gasteiger partial charge in [0.25, 0.3) is 0 Å². The van der Waals surface area contributed by atoms with Crippen LogP contribution in [0.2, 0.25) is 0 Å². The Balaban J connectivity index is 0.00000110. The number of benzene rings is 2. The second-order valence-corrected chi connectivity index (χ2v) is 4.92. The lowest BCUT2D eigenvalue weighted by Crippen LogP contribution is -2.44. The third-order valence-electron chi connectivity index (χ3n) is 3.62. The quantitative estimate of drug-likeness (QED) is 0.933. The molecular formula is C16H22Cl2N2O. The van der Waals surface area contributed by atoms with Crippen molar-refractivity contribution >= 4 is 35.6 Å². The Morgan fingerprint density at radius 1 is 0.952 bits per heavy atom. The van der Waals surface area contributed by atoms with E-state index in [2.05, 4.69) is 52.7 Å². The lowest BCUT2D eigenvalue weighted by molar-refractivity contribution is 0.192. The summed E-state index contributed by atoms with van der Waals surface area (Å²) in [5.74, 6) is 0.994. The topological polar surface area (TPSA) is 24.5 Å². The summed E-state index contributed by atoms with van der Waals surface area (Å²) in [7, 11) is 0. The van der Waals surface area contributed by atoms with Crippen molar-refractivity contribution in [2.24, 2.45) is 0 Å². The van der Waals surface area contributed by atoms with Crippen LogP contribution in [0.4, 0.5) is 0 Å². The number of rotatable bonds is 4. The summed E-state index contributed by atoms with van der Waals surface area (Å²) in [5.41, 5.74) is 0. The molecule has 0 amide bonds. The van der Waals surface area contributed by atoms with Gasteiger partial charge in [0, 0.05) is 38.1 Å². The van der Waals surface area contributed by atoms with Crippen LogP contribution in [0.3, 0.4) is 0 Å². The van der Waals surface area contributed by atoms with Gasteiger partial charge in [0.2, 0.25) is 0 Å². The van der Waals surface area contributed by atoms with E-state index in [0.29, 0.717) is 0 Å². The second kappa shape index (κ2) is 9.11. The molecule has 0 aliphatic carbocycles. The van der Waals surface area contributed by atoms with E-state index in [9.17, 15) is 0 Å². The van der Waals surface area contributed by atoms with Gasteiger partial charge < -0.3 is 10.1 Å². The van der Waals surface area contributed by atoms with Crippen molar-refractivity contribution in [1.29, 1.82) is 0 Å². The van der Waals surface area contributed by atoms with Crippen LogP contribution in [0, 0.1) is 0 Å². The van der Waals surface area contributed by atoms with Crippen molar-refractivity contribution in [3.05, 3.63) is 42.5 Å². The van der Waals surface area contributed by atoms with E-state index in [1.165, 1.54) is 10.8 Å². The van der Waals surface area contributed by atoms with E-state index in [4.69, 9.17) is 4.74 Å². The average molecular weight is 329 g/mol. The molecule has 1 saturated heterocycles. The molecule has 1 aliphatic heterocycles. The first-order valence-corrected chi connectivity index (χ1v) is 6.97. The van der Waals surface area contributed by atoms with Crippen LogP contribution in [0.5, 0.6) is 5.75 Å². The smallest absolute Gasteiger partial charge is 0.127 e. The fraction of sp³-hybridized carbons (Fsp3) is 0.375. The number of hydrogen-bond acceptors (Lipinski definition) is 3. The molecule has 0 unspecified atom stereocenters. The minimum absolute atomic E-state index is 0. The summed E-state index contributed by atoms with van der Waals surface area (Å²) in [5, 5.41) is 5.80. The zero-order chi connectivity index (χ0) is 12.9. The Kier molecular flexibility index (Phi) is 7.83. The molecule has 0 spiro atoms. The molecular weight excluding hydrogens is 307 g/mol. The van der Waals surface area contributed by atoms with Gasteiger partial charge in [0.05, 0.1) is 0 Å². The predicted octanol–water partition coefficient (Wildman–Crippen LogP) is 2.97. The first-order chi connectivity index (χ1) is 9.43. The first-order valence-electron chi connectivity index (χ1n) is 6.97. The van der Waals surface area contributed by atoms with Gasteiger partial charge in [-0.2, -0.15) is 0 Å². The van der Waals surface area contributed by atoms with Crippen molar-refractivity contribution in [3.8, 4) is 5.75 Å². The van der Waals surface area contributed by atoms with Crippen molar-refractivity contribution in [2.45, 2.75) is 0 Å². The van der Waals surface area contributed by atoms with Gasteiger partial charge in [-0.05, 0) is 11.5 Å². The number of nitrogens with zero attached hydrogens (tertiary/aromatic N) is 1. The Morgan fingerprint density at radius 3 is 2.48 bits per heavy atom. The van der Waals surface area contributed by atoms with Crippen molar-refractivity contribution in [2.75, 3.05) is 39.3 Å². The summed E-state index contributed by atoms with van der Waals surface area (Å²) in [6, 6.07) is 14.6. The third kappa shape index (κ3) is 4.75. The number of piperazine rings is 1. The van der Waals surface area contributed by atoms with Crippen LogP contribution < -0.4 is 10.1 Å². The van der Waals surface area contributed by atoms with E-state index in [1.54, 1.807) is 0 Å². The largest absolute Gasteiger partial charge is 0.492 e. The van der Waals surface area contributed by atoms with Gasteiger partial charge in [-0.3, -0.25) is 4.90 Å². The molecule has 3 rings (SSSR count). The van der Waals surface area contributed by atoms with Crippen molar-refractivity contribution in [3.63, 3.8) is 0 Å². The van der Waals surface area contributed by atoms with Gasteiger partial charge in [0.1, 0.15) is 12.4 Å². The lowest BCUT2D eigenvalue weighted by atomic mass is 10.1. The van der Waals surface area contributed by atoms with Crippen LogP contribution in [0.1, 0.15) is 0 Å². The zero-order valence-electron chi connectivity index (χ0n) is 12.0. The van der Waals surface area contributed by atoms with E-state index < -0.39 is 0 Å². The number of fused-ring (bicyclic) bond motifs is 1. The predicted molar refractivity (Wildman–Crippen MR) is 93.2 cm³/mol. The fourth-order valence-corrected chi connectivity index (χ4v) is 2.54. The lowest BCUT2D eigenvalue weighted by Gasteiger charge is -2.27. The van der Waals surface area contributed by atoms with Crippen LogP contribution in [-0.4, -0.2) is 44.2 Å². The maximum atomic E-state index is 5.96. The maximum Gasteiger partial charge on any atom is 0.127 e. The summed E-state index contributed by atoms with van der Waals surface area (Å²) in [6.45, 7) is 6.19. The molecule has 5 heteroatoms. The summed E-state index contributed by atoms with van der Waals surface area (Å²) < 4.78 is 5.96. The third-order valence-corrected chi connectivity index (χ3v) is 3.62. The first kappa shape index (κ1) is 18.1. The summed E-state index contributed by atoms with van der Waals surface area (Å²) in [4.78, 5) is 2.45. The second-order valence-electron chi connectivity index (χ2n) is 4.92. The number of halogens is 2. The van der Waals surface area contributed by atoms with Crippen LogP contribution in [0.15, 0.2) is 42.5 Å². The van der Waals surface area contributed by atoms with Gasteiger partial charge in [-0.1, -0.05) is 36.4 Å². The highest BCUT2D eigenvalue weighted by Gasteiger charge is 2.09. The highest BCUT2D eigenvalue weighted by atomic mass is 35.5. The fourth-order valence-electron chi connectivity index (χ4n) is 2.54. The zero-order valence-corrected chi connectivity index (χ0v) is 13.6. The Hall–Kier alpha value is -1.00. The average Bonchev–Trinajstić information content (AvgIpc) is 2.49. The van der Waals surface area contributed by atoms with E-state index in [-0.39, 0.29) is 24.8 Å². The number of hydrogen-bond donors (Lipinski definition) is 1. The molecule has 0 bridgehead atoms. The van der Waals surface area contributed by atoms with Crippen LogP contribution in [0.25, 0.3) is 10.8 Å². The molecule has 21 heavy (non-hydrogen) atoms. The van der Waals surface area contributed by atoms with Crippen LogP contribution in [-0.2, 0) is 0 Å². The monoisotopic (exact) mass is 328 g/mol. The molecule has 0 atom stereocenters. The molecule has 1 N–H and O–H groups in total. The highest BCUT2D eigenvalue weighted by Crippen LogP contribution is 2.24. The Morgan fingerprint density at radius 2 is 1.67 bits per heavy atom. The normalized spacial score (nSPS) is 15.0. The van der Waals surface area contributed by atoms with Gasteiger partial charge in [-0.15, -0.1) is 24.8 Å². The standard InChI is InChI=1S/C16H20N2O.2ClH/c1-2-6-15-14(4-1)5-3-7-16(15)19-13-12-18-10-8-17-9-11-18;;/h1-7,17H,8-13H2;2*1H. The number of nitrogens with one attached hydrogen (secondary N) is 1. The molecule has 2 aromatic carbocycles. The SMILES string of the molecule is Cl.Cl.c1ccc2c(OCCN3CCNCC3)cccc2c1.